The zero-order chi connectivity index (χ0) is 79.0. The number of nitrogens with two attached hydrogens (primary N) is 1. The average molecular weight is 1620 g/mol. The predicted octanol–water partition coefficient (Wildman–Crippen LogP) is 13.3. The average Bonchev–Trinajstić information content (AvgIpc) is 1.55. The van der Waals surface area contributed by atoms with Gasteiger partial charge in [0.25, 0.3) is 0 Å². The van der Waals surface area contributed by atoms with Gasteiger partial charge in [-0.2, -0.15) is 8.78 Å². The number of hydrogen-bond donors (Lipinski definition) is 4. The summed E-state index contributed by atoms with van der Waals surface area (Å²) in [6.07, 6.45) is 10.1. The first-order valence-corrected chi connectivity index (χ1v) is 38.7. The molecule has 0 aliphatic rings. The van der Waals surface area contributed by atoms with Crippen molar-refractivity contribution in [1.82, 2.24) is 34.4 Å². The lowest BCUT2D eigenvalue weighted by Crippen LogP contribution is -2.25. The maximum absolute atomic E-state index is 13.6. The number of ether oxygens (including phenoxy) is 14. The van der Waals surface area contributed by atoms with Gasteiger partial charge < -0.3 is 96.9 Å². The Morgan fingerprint density at radius 2 is 1.10 bits per heavy atom. The molecule has 608 valence electrons. The minimum Gasteiger partial charge on any atom is -0.497 e. The summed E-state index contributed by atoms with van der Waals surface area (Å²) in [6.45, 7) is 15.2. The van der Waals surface area contributed by atoms with Crippen molar-refractivity contribution in [2.75, 3.05) is 185 Å². The number of carbonyl (C=O) groups excluding carboxylic acids is 1. The Hall–Kier alpha value is -7.95. The summed E-state index contributed by atoms with van der Waals surface area (Å²) < 4.78 is 132. The molecule has 5 aromatic carbocycles. The van der Waals surface area contributed by atoms with E-state index in [0.29, 0.717) is 137 Å². The molecule has 0 fully saturated rings. The van der Waals surface area contributed by atoms with E-state index in [1.165, 1.54) is 5.56 Å². The van der Waals surface area contributed by atoms with Gasteiger partial charge in [0.15, 0.2) is 17.5 Å². The summed E-state index contributed by atoms with van der Waals surface area (Å²) in [5.41, 5.74) is 15.7. The lowest BCUT2D eigenvalue weighted by Gasteiger charge is -2.16. The minimum atomic E-state index is -1.79. The number of methoxy groups -OCH3 is 3. The zero-order valence-corrected chi connectivity index (χ0v) is 66.3. The summed E-state index contributed by atoms with van der Waals surface area (Å²) in [5, 5.41) is 15.8. The number of pyridine rings is 2. The van der Waals surface area contributed by atoms with Crippen LogP contribution in [0.3, 0.4) is 0 Å². The van der Waals surface area contributed by atoms with Gasteiger partial charge in [-0.3, -0.25) is 4.79 Å². The molecule has 4 heterocycles. The number of anilines is 2. The number of halogens is 5. The van der Waals surface area contributed by atoms with Gasteiger partial charge in [-0.15, -0.1) is 0 Å². The van der Waals surface area contributed by atoms with E-state index in [9.17, 15) is 27.5 Å². The molecule has 0 unspecified atom stereocenters. The number of aliphatic hydroxyl groups excluding tert-OH is 1. The van der Waals surface area contributed by atoms with Crippen molar-refractivity contribution in [2.24, 2.45) is 0 Å². The van der Waals surface area contributed by atoms with Crippen LogP contribution in [0.25, 0.3) is 43.9 Å². The van der Waals surface area contributed by atoms with E-state index >= 15 is 0 Å². The van der Waals surface area contributed by atoms with Crippen LogP contribution < -0.4 is 30.0 Å². The number of aromatic nitrogens is 6. The van der Waals surface area contributed by atoms with Crippen LogP contribution in [-0.2, 0) is 91.1 Å². The Labute approximate surface area is 654 Å². The molecular weight excluding hydrogens is 1510 g/mol. The second kappa shape index (κ2) is 49.5. The molecule has 0 atom stereocenters. The maximum atomic E-state index is 13.6. The van der Waals surface area contributed by atoms with Crippen LogP contribution in [0, 0.1) is 23.3 Å². The number of nitrogens with one attached hydrogen (secondary N) is 2. The summed E-state index contributed by atoms with van der Waals surface area (Å²) in [5.74, 6) is -4.11. The number of nitrogens with zero attached hydrogens (tertiary/aromatic N) is 6. The van der Waals surface area contributed by atoms with E-state index in [0.717, 1.165) is 171 Å². The molecule has 5 N–H and O–H groups in total. The van der Waals surface area contributed by atoms with E-state index in [1.54, 1.807) is 21.3 Å². The van der Waals surface area contributed by atoms with Gasteiger partial charge in [-0.05, 0) is 117 Å². The Morgan fingerprint density at radius 1 is 0.550 bits per heavy atom. The summed E-state index contributed by atoms with van der Waals surface area (Å²) >= 11 is 3.66. The van der Waals surface area contributed by atoms with Crippen LogP contribution in [0.2, 0.25) is 0 Å². The molecule has 0 bridgehead atoms. The third-order valence-corrected chi connectivity index (χ3v) is 18.4. The third kappa shape index (κ3) is 28.9. The maximum Gasteiger partial charge on any atom is 0.313 e. The number of hydrogen-bond acceptors (Lipinski definition) is 23. The number of benzene rings is 5. The highest BCUT2D eigenvalue weighted by molar-refractivity contribution is 9.10. The first-order chi connectivity index (χ1) is 54.2. The van der Waals surface area contributed by atoms with Crippen molar-refractivity contribution in [3.63, 3.8) is 0 Å². The van der Waals surface area contributed by atoms with E-state index < -0.39 is 41.4 Å². The molecule has 0 spiro atoms. The van der Waals surface area contributed by atoms with Crippen molar-refractivity contribution in [3.05, 3.63) is 141 Å². The van der Waals surface area contributed by atoms with E-state index in [1.807, 2.05) is 48.5 Å². The number of rotatable bonds is 55. The minimum absolute atomic E-state index is 0.0204. The van der Waals surface area contributed by atoms with Crippen molar-refractivity contribution in [2.45, 2.75) is 104 Å². The first-order valence-electron chi connectivity index (χ1n) is 37.9. The van der Waals surface area contributed by atoms with Gasteiger partial charge in [0.2, 0.25) is 17.4 Å². The van der Waals surface area contributed by atoms with Gasteiger partial charge in [-0.1, -0.05) is 61.2 Å². The Morgan fingerprint density at radius 3 is 1.68 bits per heavy atom. The monoisotopic (exact) mass is 1620 g/mol. The van der Waals surface area contributed by atoms with Crippen LogP contribution >= 0.6 is 15.9 Å². The van der Waals surface area contributed by atoms with Crippen LogP contribution in [0.5, 0.6) is 23.0 Å². The molecular formula is C81H108BrF4N9O16. The van der Waals surface area contributed by atoms with Crippen LogP contribution in [0.1, 0.15) is 99.1 Å². The van der Waals surface area contributed by atoms with E-state index in [2.05, 4.69) is 90.6 Å². The third-order valence-electron chi connectivity index (χ3n) is 17.9. The van der Waals surface area contributed by atoms with E-state index in [4.69, 9.17) is 82.3 Å². The number of unbranched alkanes of at least 4 members (excludes halogenated alkanes) is 4. The lowest BCUT2D eigenvalue weighted by molar-refractivity contribution is -0.136. The number of nitrogen functional groups attached to an aromatic ring is 1. The molecule has 9 aromatic rings. The number of esters is 1. The van der Waals surface area contributed by atoms with Crippen molar-refractivity contribution in [3.8, 4) is 23.0 Å². The topological polar surface area (TPSA) is 280 Å². The highest BCUT2D eigenvalue weighted by atomic mass is 79.9. The SMILES string of the molecule is CCCCc1nc2c(NCc3ccc(OC)cc3OC)nc3ccc(Br)cc3c2n1Cc1ccc(OC)cc1CO.CCCCc1nc2c([nH]1)c(N)nc1ccc(CCCCCN(C)CCOCCOCCOCCOCCOCCOCCOCCOCCOCCOCCC(=O)Oc3c(F)c(F)cc(F)c3F)cc12. The molecule has 0 saturated heterocycles. The predicted molar refractivity (Wildman–Crippen MR) is 420 cm³/mol. The summed E-state index contributed by atoms with van der Waals surface area (Å²) in [6, 6.07) is 24.2. The Kier molecular flexibility index (Phi) is 39.5. The molecule has 0 radical (unpaired) electrons. The molecule has 0 aliphatic heterocycles. The van der Waals surface area contributed by atoms with Gasteiger partial charge in [0.1, 0.15) is 51.3 Å². The number of aromatic amines is 1. The summed E-state index contributed by atoms with van der Waals surface area (Å²) in [4.78, 5) is 37.1. The molecule has 25 nitrogen and oxygen atoms in total. The first kappa shape index (κ1) is 88.6. The number of fused-ring (bicyclic) bond motifs is 6. The largest absolute Gasteiger partial charge is 0.497 e. The van der Waals surface area contributed by atoms with Crippen LogP contribution in [-0.4, -0.2) is 219 Å². The van der Waals surface area contributed by atoms with Gasteiger partial charge in [0, 0.05) is 65.4 Å². The number of H-pyrrole nitrogens is 1. The van der Waals surface area contributed by atoms with Crippen molar-refractivity contribution < 1.29 is 93.8 Å². The standard InChI is InChI=1S/C49H73F4N5O12.C32H35BrN4O4/c1-3-4-9-42-56-46-38-35-37(10-11-41(38)55-49(54)47(46)57-42)8-6-5-7-13-58(2)14-16-61-18-20-63-22-24-65-26-28-67-30-32-69-34-33-68-31-29-66-27-25-64-23-21-62-19-17-60-15-12-43(59)70-48-44(52)39(50)36-40(51)45(48)53;1-5-6-7-29-36-30-31(37(29)18-21-9-12-24(39-2)14-22(21)19-38)26-15-23(33)10-13-27(26)35-32(30)34-17-20-8-11-25(40-3)16-28(20)41-4/h10-11,35-36H,3-9,12-34H2,1-2H3,(H2,54,55)(H,56,57);8-16,38H,5-7,17-19H2,1-4H3,(H,34,35). The smallest absolute Gasteiger partial charge is 0.313 e. The quantitative estimate of drug-likeness (QED) is 0.00906. The number of likely N-dealkylation sites (N-methyl/N-ethyl adjacent to an activating group) is 1. The lowest BCUT2D eigenvalue weighted by atomic mass is 10.0. The second-order valence-corrected chi connectivity index (χ2v) is 26.9. The van der Waals surface area contributed by atoms with Gasteiger partial charge in [0.05, 0.1) is 183 Å². The molecule has 0 aliphatic carbocycles. The number of carbonyl (C=O) groups is 1. The fraction of sp³-hybridized carbons (Fsp3) is 0.519. The second-order valence-electron chi connectivity index (χ2n) is 26.0. The molecule has 111 heavy (non-hydrogen) atoms. The molecule has 0 amide bonds. The summed E-state index contributed by atoms with van der Waals surface area (Å²) in [7, 11) is 7.07. The Bertz CT molecular complexity index is 4250. The van der Waals surface area contributed by atoms with Crippen LogP contribution in [0.4, 0.5) is 29.2 Å². The van der Waals surface area contributed by atoms with Gasteiger partial charge >= 0.3 is 5.97 Å². The molecule has 30 heteroatoms. The highest BCUT2D eigenvalue weighted by Gasteiger charge is 2.25. The van der Waals surface area contributed by atoms with Crippen molar-refractivity contribution >= 4 is 77.4 Å². The molecule has 4 aromatic heterocycles. The zero-order valence-electron chi connectivity index (χ0n) is 64.7. The normalized spacial score (nSPS) is 11.6. The highest BCUT2D eigenvalue weighted by Crippen LogP contribution is 2.36. The number of imidazole rings is 2. The van der Waals surface area contributed by atoms with Crippen molar-refractivity contribution in [1.29, 1.82) is 0 Å². The fourth-order valence-electron chi connectivity index (χ4n) is 11.8. The Balaban J connectivity index is 0.000000318. The van der Waals surface area contributed by atoms with E-state index in [-0.39, 0.29) is 32.5 Å². The number of aliphatic hydroxyl groups is 1. The number of aryl methyl sites for hydroxylation is 3. The van der Waals surface area contributed by atoms with Gasteiger partial charge in [-0.25, -0.2) is 28.7 Å². The fourth-order valence-corrected chi connectivity index (χ4v) is 12.2. The molecule has 9 rings (SSSR count). The van der Waals surface area contributed by atoms with Crippen LogP contribution in [0.15, 0.2) is 83.3 Å². The molecule has 0 saturated carbocycles.